The number of hydrogen-bond acceptors (Lipinski definition) is 7. The minimum absolute atomic E-state index is 0.112. The van der Waals surface area contributed by atoms with Crippen molar-refractivity contribution in [3.8, 4) is 0 Å². The fraction of sp³-hybridized carbons (Fsp3) is 0.440. The van der Waals surface area contributed by atoms with Crippen LogP contribution in [0, 0.1) is 0 Å². The monoisotopic (exact) mass is 457 g/mol. The first-order valence-corrected chi connectivity index (χ1v) is 11.8. The van der Waals surface area contributed by atoms with Crippen molar-refractivity contribution in [1.82, 2.24) is 0 Å². The van der Waals surface area contributed by atoms with Gasteiger partial charge in [0.25, 0.3) is 0 Å². The van der Waals surface area contributed by atoms with Crippen LogP contribution in [-0.4, -0.2) is 37.7 Å². The maximum absolute atomic E-state index is 12.8. The lowest BCUT2D eigenvalue weighted by Gasteiger charge is -2.13. The highest BCUT2D eigenvalue weighted by Gasteiger charge is 2.32. The van der Waals surface area contributed by atoms with Gasteiger partial charge in [-0.05, 0) is 43.7 Å². The van der Waals surface area contributed by atoms with Crippen molar-refractivity contribution in [2.75, 3.05) is 13.2 Å². The quantitative estimate of drug-likeness (QED) is 0.233. The van der Waals surface area contributed by atoms with Crippen molar-refractivity contribution in [1.29, 1.82) is 0 Å². The third-order valence-electron chi connectivity index (χ3n) is 5.23. The molecule has 1 aromatic carbocycles. The number of ether oxygens (including phenoxy) is 2. The zero-order chi connectivity index (χ0) is 23.7. The largest absolute Gasteiger partial charge is 0.462 e. The fourth-order valence-corrected chi connectivity index (χ4v) is 4.76. The zero-order valence-electron chi connectivity index (χ0n) is 19.3. The van der Waals surface area contributed by atoms with Gasteiger partial charge in [0.2, 0.25) is 0 Å². The fourth-order valence-electron chi connectivity index (χ4n) is 3.37. The van der Waals surface area contributed by atoms with Gasteiger partial charge >= 0.3 is 11.9 Å². The predicted molar refractivity (Wildman–Crippen MR) is 128 cm³/mol. The number of esters is 2. The number of benzene rings is 1. The van der Waals surface area contributed by atoms with Gasteiger partial charge in [-0.1, -0.05) is 45.0 Å². The summed E-state index contributed by atoms with van der Waals surface area (Å²) in [6, 6.07) is 7.48. The summed E-state index contributed by atoms with van der Waals surface area (Å²) in [6.07, 6.45) is 4.20. The molecule has 7 heteroatoms. The first-order valence-electron chi connectivity index (χ1n) is 11.0. The molecule has 1 atom stereocenters. The molecule has 32 heavy (non-hydrogen) atoms. The molecular weight excluding hydrogens is 426 g/mol. The van der Waals surface area contributed by atoms with E-state index >= 15 is 0 Å². The Labute approximate surface area is 193 Å². The summed E-state index contributed by atoms with van der Waals surface area (Å²) in [5, 5.41) is 0.429. The van der Waals surface area contributed by atoms with Crippen molar-refractivity contribution in [2.24, 2.45) is 4.99 Å². The lowest BCUT2D eigenvalue weighted by atomic mass is 9.96. The van der Waals surface area contributed by atoms with Crippen LogP contribution in [0.4, 0.5) is 5.00 Å². The van der Waals surface area contributed by atoms with Crippen LogP contribution in [0.2, 0.25) is 0 Å². The first kappa shape index (κ1) is 25.5. The van der Waals surface area contributed by atoms with Crippen LogP contribution in [-0.2, 0) is 14.3 Å². The molecule has 172 valence electrons. The molecule has 0 spiro atoms. The lowest BCUT2D eigenvalue weighted by Crippen LogP contribution is -2.15. The molecule has 0 bridgehead atoms. The van der Waals surface area contributed by atoms with Gasteiger partial charge < -0.3 is 14.3 Å². The molecule has 0 aliphatic rings. The molecule has 0 saturated heterocycles. The Morgan fingerprint density at radius 3 is 2.03 bits per heavy atom. The van der Waals surface area contributed by atoms with Gasteiger partial charge in [0.15, 0.2) is 0 Å². The van der Waals surface area contributed by atoms with E-state index in [9.17, 15) is 14.4 Å². The van der Waals surface area contributed by atoms with E-state index in [2.05, 4.69) is 18.8 Å². The Bertz CT molecular complexity index is 957. The average molecular weight is 458 g/mol. The summed E-state index contributed by atoms with van der Waals surface area (Å²) in [5.41, 5.74) is 2.17. The molecule has 1 unspecified atom stereocenters. The van der Waals surface area contributed by atoms with Crippen molar-refractivity contribution in [3.63, 3.8) is 0 Å². The Morgan fingerprint density at radius 2 is 1.53 bits per heavy atom. The minimum Gasteiger partial charge on any atom is -0.462 e. The highest BCUT2D eigenvalue weighted by molar-refractivity contribution is 7.16. The third kappa shape index (κ3) is 5.91. The number of nitrogens with zero attached hydrogens (tertiary/aromatic N) is 1. The van der Waals surface area contributed by atoms with Gasteiger partial charge in [-0.2, -0.15) is 0 Å². The maximum atomic E-state index is 12.8. The minimum atomic E-state index is -0.577. The molecule has 0 radical (unpaired) electrons. The molecule has 0 fully saturated rings. The first-order chi connectivity index (χ1) is 15.4. The maximum Gasteiger partial charge on any atom is 0.342 e. The van der Waals surface area contributed by atoms with E-state index in [0.717, 1.165) is 35.1 Å². The molecule has 2 rings (SSSR count). The van der Waals surface area contributed by atoms with E-state index in [1.54, 1.807) is 20.1 Å². The Kier molecular flexibility index (Phi) is 9.78. The lowest BCUT2D eigenvalue weighted by molar-refractivity contribution is -0.108. The predicted octanol–water partition coefficient (Wildman–Crippen LogP) is 6.06. The van der Waals surface area contributed by atoms with Crippen LogP contribution in [0.3, 0.4) is 0 Å². The Balaban J connectivity index is 2.57. The topological polar surface area (TPSA) is 82.0 Å². The van der Waals surface area contributed by atoms with Gasteiger partial charge in [-0.25, -0.2) is 14.6 Å². The van der Waals surface area contributed by atoms with Gasteiger partial charge in [-0.15, -0.1) is 11.3 Å². The van der Waals surface area contributed by atoms with Crippen LogP contribution in [0.15, 0.2) is 29.3 Å². The summed E-state index contributed by atoms with van der Waals surface area (Å²) >= 11 is 1.34. The van der Waals surface area contributed by atoms with Crippen LogP contribution in [0.5, 0.6) is 0 Å². The van der Waals surface area contributed by atoms with Gasteiger partial charge in [0, 0.05) is 17.0 Å². The number of carbonyl (C=O) groups is 3. The van der Waals surface area contributed by atoms with E-state index < -0.39 is 11.9 Å². The number of carbonyl (C=O) groups excluding carboxylic acids is 3. The Morgan fingerprint density at radius 1 is 0.969 bits per heavy atom. The second kappa shape index (κ2) is 12.3. The Hall–Kier alpha value is -2.80. The van der Waals surface area contributed by atoms with Crippen molar-refractivity contribution in [3.05, 3.63) is 51.4 Å². The van der Waals surface area contributed by atoms with Crippen molar-refractivity contribution < 1.29 is 23.9 Å². The van der Waals surface area contributed by atoms with E-state index in [0.29, 0.717) is 5.00 Å². The molecule has 6 nitrogen and oxygen atoms in total. The average Bonchev–Trinajstić information content (AvgIpc) is 3.18. The van der Waals surface area contributed by atoms with Gasteiger partial charge in [0.1, 0.15) is 16.9 Å². The zero-order valence-corrected chi connectivity index (χ0v) is 20.2. The van der Waals surface area contributed by atoms with E-state index in [-0.39, 0.29) is 36.2 Å². The third-order valence-corrected chi connectivity index (χ3v) is 6.49. The van der Waals surface area contributed by atoms with E-state index in [4.69, 9.17) is 9.47 Å². The van der Waals surface area contributed by atoms with E-state index in [1.807, 2.05) is 31.2 Å². The summed E-state index contributed by atoms with van der Waals surface area (Å²) in [4.78, 5) is 42.0. The second-order valence-corrected chi connectivity index (χ2v) is 8.36. The number of aldehydes is 1. The van der Waals surface area contributed by atoms with Crippen molar-refractivity contribution in [2.45, 2.75) is 59.3 Å². The molecule has 0 saturated carbocycles. The molecule has 0 amide bonds. The van der Waals surface area contributed by atoms with Crippen LogP contribution in [0.1, 0.15) is 96.0 Å². The number of rotatable bonds is 11. The number of aliphatic imine (C=N–C) groups is 1. The molecule has 0 aliphatic heterocycles. The van der Waals surface area contributed by atoms with Gasteiger partial charge in [-0.3, -0.25) is 0 Å². The smallest absolute Gasteiger partial charge is 0.342 e. The summed E-state index contributed by atoms with van der Waals surface area (Å²) in [6.45, 7) is 9.81. The highest BCUT2D eigenvalue weighted by Crippen LogP contribution is 2.42. The summed E-state index contributed by atoms with van der Waals surface area (Å²) < 4.78 is 10.5. The molecule has 0 N–H and O–H groups in total. The number of hydrogen-bond donors (Lipinski definition) is 0. The van der Waals surface area contributed by atoms with Gasteiger partial charge in [0.05, 0.1) is 18.8 Å². The molecule has 1 aromatic heterocycles. The SMILES string of the molecule is CCOC(=O)c1c(N=Cc2ccc(C(C)C=O)cc2)sc(C(CC)CC)c1C(=O)OCC. The number of thiophene rings is 1. The summed E-state index contributed by atoms with van der Waals surface area (Å²) in [5.74, 6) is -1.17. The molecular formula is C25H31NO5S. The summed E-state index contributed by atoms with van der Waals surface area (Å²) in [7, 11) is 0. The molecule has 2 aromatic rings. The molecule has 0 aliphatic carbocycles. The van der Waals surface area contributed by atoms with Crippen LogP contribution < -0.4 is 0 Å². The van der Waals surface area contributed by atoms with Crippen LogP contribution >= 0.6 is 11.3 Å². The second-order valence-electron chi connectivity index (χ2n) is 7.33. The normalized spacial score (nSPS) is 12.2. The van der Waals surface area contributed by atoms with Crippen LogP contribution in [0.25, 0.3) is 0 Å². The molecule has 1 heterocycles. The van der Waals surface area contributed by atoms with Crippen molar-refractivity contribution >= 4 is 40.8 Å². The highest BCUT2D eigenvalue weighted by atomic mass is 32.1. The standard InChI is InChI=1S/C25H31NO5S/c1-6-18(7-2)22-20(24(28)30-8-3)21(25(29)31-9-4)23(32-22)26-14-17-10-12-19(13-11-17)16(5)15-27/h10-16,18H,6-9H2,1-5H3. The van der Waals surface area contributed by atoms with E-state index in [1.165, 1.54) is 11.3 Å².